The Morgan fingerprint density at radius 2 is 1.81 bits per heavy atom. The van der Waals surface area contributed by atoms with Gasteiger partial charge in [-0.05, 0) is 129 Å². The summed E-state index contributed by atoms with van der Waals surface area (Å²) in [5.74, 6) is -1.60. The number of hydrazine groups is 1. The number of esters is 1. The molecule has 3 fully saturated rings. The van der Waals surface area contributed by atoms with E-state index in [1.54, 1.807) is 24.1 Å². The molecule has 2 aromatic heterocycles. The molecule has 8 rings (SSSR count). The minimum Gasteiger partial charge on any atom is -0.508 e. The van der Waals surface area contributed by atoms with Crippen LogP contribution in [0.3, 0.4) is 0 Å². The Labute approximate surface area is 377 Å². The molecule has 1 saturated carbocycles. The van der Waals surface area contributed by atoms with E-state index in [0.29, 0.717) is 37.9 Å². The highest BCUT2D eigenvalue weighted by Crippen LogP contribution is 2.45. The van der Waals surface area contributed by atoms with E-state index in [4.69, 9.17) is 9.72 Å². The lowest BCUT2D eigenvalue weighted by molar-refractivity contribution is -0.155. The lowest BCUT2D eigenvalue weighted by Gasteiger charge is -2.45. The standard InChI is InChI=1S/C51H67N7O6/c1-9-57-42-16-15-33-27-37(42)38(45(57)36-13-10-20-52-43(36)30(2)3)28-50(6,7)29-64-49(63)40-14-11-22-58(55-40)48(62)41(25-32-23-34(33)26-35(59)24-32)54-46(60)44(31(4)5)56(8)47(61)39-17-21-53-51(39)18-12-19-51/h10,13,15-16,20,23-24,26-27,30-31,39-41,44,53,55,59H,9,11-12,14,17-19,21-22,25,28-29H2,1-8H3,(H,54,60)/t39?,40-,41-,44-/m0/s1. The van der Waals surface area contributed by atoms with Crippen LogP contribution in [0.25, 0.3) is 33.3 Å². The van der Waals surface area contributed by atoms with E-state index in [1.807, 2.05) is 32.2 Å². The molecule has 3 aliphatic heterocycles. The van der Waals surface area contributed by atoms with Gasteiger partial charge in [0.1, 0.15) is 23.9 Å². The number of carbonyl (C=O) groups is 4. The minimum atomic E-state index is -1.09. The predicted octanol–water partition coefficient (Wildman–Crippen LogP) is 6.88. The van der Waals surface area contributed by atoms with Crippen LogP contribution in [0, 0.1) is 17.3 Å². The van der Waals surface area contributed by atoms with Crippen LogP contribution in [0.5, 0.6) is 5.75 Å². The van der Waals surface area contributed by atoms with Crippen LogP contribution in [0.2, 0.25) is 0 Å². The highest BCUT2D eigenvalue weighted by Gasteiger charge is 2.52. The molecule has 13 heteroatoms. The van der Waals surface area contributed by atoms with Crippen LogP contribution < -0.4 is 16.1 Å². The Hall–Kier alpha value is -5.27. The fraction of sp³-hybridized carbons (Fsp3) is 0.549. The van der Waals surface area contributed by atoms with Crippen molar-refractivity contribution in [2.75, 3.05) is 26.7 Å². The second-order valence-corrected chi connectivity index (χ2v) is 20.2. The van der Waals surface area contributed by atoms with E-state index in [2.05, 4.69) is 79.5 Å². The number of carbonyl (C=O) groups excluding carboxylic acids is 4. The smallest absolute Gasteiger partial charge is 0.324 e. The first-order chi connectivity index (χ1) is 30.5. The monoisotopic (exact) mass is 874 g/mol. The van der Waals surface area contributed by atoms with Gasteiger partial charge in [-0.3, -0.25) is 29.2 Å². The number of aromatic hydroxyl groups is 1. The average Bonchev–Trinajstić information content (AvgIpc) is 3.84. The first-order valence-electron chi connectivity index (χ1n) is 23.5. The summed E-state index contributed by atoms with van der Waals surface area (Å²) in [5, 5.41) is 20.5. The van der Waals surface area contributed by atoms with Crippen molar-refractivity contribution < 1.29 is 29.0 Å². The zero-order chi connectivity index (χ0) is 45.7. The van der Waals surface area contributed by atoms with Gasteiger partial charge < -0.3 is 29.9 Å². The van der Waals surface area contributed by atoms with E-state index < -0.39 is 41.3 Å². The summed E-state index contributed by atoms with van der Waals surface area (Å²) in [4.78, 5) is 63.9. The Kier molecular flexibility index (Phi) is 12.7. The van der Waals surface area contributed by atoms with Gasteiger partial charge in [0.2, 0.25) is 11.8 Å². The lowest BCUT2D eigenvalue weighted by Crippen LogP contribution is -2.63. The molecule has 4 atom stereocenters. The number of pyridine rings is 1. The molecule has 342 valence electrons. The number of ether oxygens (including phenoxy) is 1. The minimum absolute atomic E-state index is 0.0315. The number of hydrogen-bond acceptors (Lipinski definition) is 9. The molecule has 5 heterocycles. The van der Waals surface area contributed by atoms with Gasteiger partial charge in [0.05, 0.1) is 23.9 Å². The van der Waals surface area contributed by atoms with Crippen molar-refractivity contribution in [3.8, 4) is 28.1 Å². The Morgan fingerprint density at radius 1 is 1.03 bits per heavy atom. The summed E-state index contributed by atoms with van der Waals surface area (Å²) in [7, 11) is 1.70. The molecule has 4 N–H and O–H groups in total. The number of cyclic esters (lactones) is 1. The van der Waals surface area contributed by atoms with Gasteiger partial charge in [-0.1, -0.05) is 53.7 Å². The van der Waals surface area contributed by atoms with Crippen molar-refractivity contribution in [2.24, 2.45) is 17.3 Å². The fourth-order valence-electron chi connectivity index (χ4n) is 11.0. The highest BCUT2D eigenvalue weighted by atomic mass is 16.5. The molecule has 6 bridgehead atoms. The maximum atomic E-state index is 14.7. The molecule has 1 aliphatic carbocycles. The SMILES string of the molecule is CCn1c(-c2cccnc2C(C)C)c2c3cc(ccc31)-c1cc(O)cc(c1)C[C@H](NC(=O)[C@H](C(C)C)N(C)C(=O)C1CCNC13CCC3)C(=O)N1CCC[C@H](N1)C(=O)OCC(C)(C)C2. The lowest BCUT2D eigenvalue weighted by atomic mass is 9.69. The number of aryl methyl sites for hydroxylation is 1. The number of phenolic OH excluding ortho intramolecular Hbond substituents is 1. The number of hydrogen-bond donors (Lipinski definition) is 4. The Morgan fingerprint density at radius 3 is 2.52 bits per heavy atom. The zero-order valence-corrected chi connectivity index (χ0v) is 38.9. The number of phenols is 1. The maximum absolute atomic E-state index is 14.7. The normalized spacial score (nSPS) is 22.6. The molecule has 4 aromatic rings. The van der Waals surface area contributed by atoms with Gasteiger partial charge in [0.15, 0.2) is 0 Å². The number of aromatic nitrogens is 2. The van der Waals surface area contributed by atoms with E-state index >= 15 is 0 Å². The molecule has 64 heavy (non-hydrogen) atoms. The topological polar surface area (TPSA) is 158 Å². The molecule has 2 saturated heterocycles. The van der Waals surface area contributed by atoms with Gasteiger partial charge >= 0.3 is 5.97 Å². The molecule has 3 amide bonds. The van der Waals surface area contributed by atoms with Crippen LogP contribution in [-0.4, -0.2) is 98.7 Å². The van der Waals surface area contributed by atoms with Gasteiger partial charge in [0, 0.05) is 60.2 Å². The predicted molar refractivity (Wildman–Crippen MR) is 248 cm³/mol. The number of rotatable bonds is 8. The van der Waals surface area contributed by atoms with Gasteiger partial charge in [0.25, 0.3) is 5.91 Å². The van der Waals surface area contributed by atoms with Gasteiger partial charge in [-0.2, -0.15) is 0 Å². The second kappa shape index (κ2) is 18.0. The van der Waals surface area contributed by atoms with Crippen LogP contribution >= 0.6 is 0 Å². The van der Waals surface area contributed by atoms with Gasteiger partial charge in [-0.15, -0.1) is 0 Å². The zero-order valence-electron chi connectivity index (χ0n) is 38.9. The Bertz CT molecular complexity index is 2430. The van der Waals surface area contributed by atoms with Crippen molar-refractivity contribution in [1.29, 1.82) is 0 Å². The molecule has 1 unspecified atom stereocenters. The van der Waals surface area contributed by atoms with E-state index in [9.17, 15) is 24.3 Å². The van der Waals surface area contributed by atoms with E-state index in [0.717, 1.165) is 76.8 Å². The van der Waals surface area contributed by atoms with Crippen LogP contribution in [0.4, 0.5) is 0 Å². The van der Waals surface area contributed by atoms with Crippen molar-refractivity contribution in [1.82, 2.24) is 35.5 Å². The number of nitrogens with zero attached hydrogens (tertiary/aromatic N) is 4. The summed E-state index contributed by atoms with van der Waals surface area (Å²) >= 11 is 0. The first-order valence-corrected chi connectivity index (χ1v) is 23.5. The molecule has 13 nitrogen and oxygen atoms in total. The molecule has 2 aromatic carbocycles. The number of benzene rings is 2. The van der Waals surface area contributed by atoms with Gasteiger partial charge in [-0.25, -0.2) is 5.43 Å². The largest absolute Gasteiger partial charge is 0.508 e. The van der Waals surface area contributed by atoms with Crippen molar-refractivity contribution >= 4 is 34.6 Å². The van der Waals surface area contributed by atoms with Crippen molar-refractivity contribution in [3.63, 3.8) is 0 Å². The average molecular weight is 874 g/mol. The summed E-state index contributed by atoms with van der Waals surface area (Å²) in [6, 6.07) is 13.1. The van der Waals surface area contributed by atoms with Crippen LogP contribution in [0.1, 0.15) is 110 Å². The van der Waals surface area contributed by atoms with Crippen LogP contribution in [0.15, 0.2) is 54.7 Å². The third-order valence-electron chi connectivity index (χ3n) is 14.3. The van der Waals surface area contributed by atoms with Crippen LogP contribution in [-0.2, 0) is 43.3 Å². The van der Waals surface area contributed by atoms with Crippen molar-refractivity contribution in [3.05, 3.63) is 71.5 Å². The van der Waals surface area contributed by atoms with E-state index in [1.165, 1.54) is 5.01 Å². The second-order valence-electron chi connectivity index (χ2n) is 20.2. The molecule has 4 aliphatic rings. The summed E-state index contributed by atoms with van der Waals surface area (Å²) in [6.45, 7) is 16.5. The number of amides is 3. The molecule has 0 radical (unpaired) electrons. The summed E-state index contributed by atoms with van der Waals surface area (Å²) < 4.78 is 8.48. The van der Waals surface area contributed by atoms with Crippen molar-refractivity contribution in [2.45, 2.75) is 136 Å². The third-order valence-corrected chi connectivity index (χ3v) is 14.3. The van der Waals surface area contributed by atoms with E-state index in [-0.39, 0.29) is 48.0 Å². The molecular formula is C51H67N7O6. The summed E-state index contributed by atoms with van der Waals surface area (Å²) in [5.41, 5.74) is 10.1. The Balaban J connectivity index is 1.21. The fourth-order valence-corrected chi connectivity index (χ4v) is 11.0. The quantitative estimate of drug-likeness (QED) is 0.139. The number of likely N-dealkylation sites (N-methyl/N-ethyl adjacent to an activating group) is 1. The highest BCUT2D eigenvalue weighted by molar-refractivity contribution is 5.96. The summed E-state index contributed by atoms with van der Waals surface area (Å²) in [6.07, 6.45) is 7.20. The maximum Gasteiger partial charge on any atom is 0.324 e. The molecule has 1 spiro atoms. The number of fused-ring (bicyclic) bond motifs is 6. The number of nitrogens with one attached hydrogen (secondary N) is 3. The third kappa shape index (κ3) is 8.65. The first kappa shape index (κ1) is 45.3. The molecular weight excluding hydrogens is 807 g/mol.